The van der Waals surface area contributed by atoms with Crippen molar-refractivity contribution in [3.05, 3.63) is 20.7 Å². The van der Waals surface area contributed by atoms with Crippen LogP contribution in [0.1, 0.15) is 25.0 Å². The van der Waals surface area contributed by atoms with Crippen molar-refractivity contribution >= 4 is 23.2 Å². The van der Waals surface area contributed by atoms with Crippen LogP contribution >= 0.6 is 11.3 Å². The first-order chi connectivity index (χ1) is 8.65. The predicted molar refractivity (Wildman–Crippen MR) is 65.1 cm³/mol. The molecule has 2 heterocycles. The van der Waals surface area contributed by atoms with E-state index in [1.165, 1.54) is 4.90 Å². The van der Waals surface area contributed by atoms with E-state index in [2.05, 4.69) is 10.3 Å². The van der Waals surface area contributed by atoms with E-state index in [1.54, 1.807) is 5.38 Å². The van der Waals surface area contributed by atoms with Gasteiger partial charge >= 0.3 is 4.87 Å². The lowest BCUT2D eigenvalue weighted by molar-refractivity contribution is -0.139. The minimum atomic E-state index is -0.443. The minimum Gasteiger partial charge on any atom is -0.315 e. The van der Waals surface area contributed by atoms with Crippen LogP contribution in [0.2, 0.25) is 0 Å². The number of carbonyl (C=O) groups is 2. The monoisotopic (exact) mass is 267 g/mol. The van der Waals surface area contributed by atoms with Crippen LogP contribution in [0.3, 0.4) is 0 Å². The molecule has 96 valence electrons. The van der Waals surface area contributed by atoms with Gasteiger partial charge in [-0.3, -0.25) is 24.6 Å². The third-order valence-corrected chi connectivity index (χ3v) is 3.92. The number of thiazole rings is 1. The maximum absolute atomic E-state index is 12.0. The summed E-state index contributed by atoms with van der Waals surface area (Å²) in [5.74, 6) is -0.209. The first kappa shape index (κ1) is 11.6. The highest BCUT2D eigenvalue weighted by Gasteiger charge is 2.45. The third kappa shape index (κ3) is 2.11. The average molecular weight is 267 g/mol. The van der Waals surface area contributed by atoms with E-state index in [4.69, 9.17) is 0 Å². The maximum atomic E-state index is 12.0. The van der Waals surface area contributed by atoms with Gasteiger partial charge in [-0.2, -0.15) is 0 Å². The summed E-state index contributed by atoms with van der Waals surface area (Å²) < 4.78 is 0. The molecule has 0 radical (unpaired) electrons. The number of hydrogen-bond donors (Lipinski definition) is 2. The molecule has 0 aromatic carbocycles. The zero-order valence-electron chi connectivity index (χ0n) is 9.64. The Hall–Kier alpha value is -1.47. The Labute approximate surface area is 107 Å². The number of H-pyrrole nitrogens is 1. The normalized spacial score (nSPS) is 24.0. The first-order valence-corrected chi connectivity index (χ1v) is 6.79. The summed E-state index contributed by atoms with van der Waals surface area (Å²) in [7, 11) is 0. The maximum Gasteiger partial charge on any atom is 0.304 e. The Morgan fingerprint density at radius 2 is 2.17 bits per heavy atom. The minimum absolute atomic E-state index is 0.0844. The van der Waals surface area contributed by atoms with E-state index in [0.29, 0.717) is 6.54 Å². The van der Waals surface area contributed by atoms with Crippen LogP contribution in [0.15, 0.2) is 10.2 Å². The van der Waals surface area contributed by atoms with Gasteiger partial charge in [0.1, 0.15) is 0 Å². The van der Waals surface area contributed by atoms with Gasteiger partial charge in [0.15, 0.2) is 0 Å². The van der Waals surface area contributed by atoms with Gasteiger partial charge in [-0.15, -0.1) is 0 Å². The van der Waals surface area contributed by atoms with Gasteiger partial charge in [-0.25, -0.2) is 0 Å². The molecule has 0 bridgehead atoms. The molecule has 1 aliphatic carbocycles. The molecular weight excluding hydrogens is 254 g/mol. The summed E-state index contributed by atoms with van der Waals surface area (Å²) in [6, 6.07) is -0.306. The van der Waals surface area contributed by atoms with Gasteiger partial charge < -0.3 is 4.98 Å². The summed E-state index contributed by atoms with van der Waals surface area (Å²) in [5, 5.41) is 4.75. The van der Waals surface area contributed by atoms with Crippen LogP contribution in [0, 0.1) is 0 Å². The molecule has 1 saturated carbocycles. The van der Waals surface area contributed by atoms with E-state index in [9.17, 15) is 14.4 Å². The molecule has 2 amide bonds. The molecule has 2 fully saturated rings. The van der Waals surface area contributed by atoms with Gasteiger partial charge in [0.25, 0.3) is 0 Å². The Bertz CT molecular complexity index is 546. The number of aromatic amines is 1. The van der Waals surface area contributed by atoms with Crippen molar-refractivity contribution in [2.24, 2.45) is 0 Å². The van der Waals surface area contributed by atoms with Gasteiger partial charge in [0.2, 0.25) is 11.8 Å². The van der Waals surface area contributed by atoms with Crippen LogP contribution < -0.4 is 10.2 Å². The highest BCUT2D eigenvalue weighted by atomic mass is 32.1. The molecule has 0 spiro atoms. The fraction of sp³-hybridized carbons (Fsp3) is 0.545. The molecule has 3 rings (SSSR count). The topological polar surface area (TPSA) is 82.3 Å². The van der Waals surface area contributed by atoms with Crippen molar-refractivity contribution in [2.45, 2.75) is 37.9 Å². The predicted octanol–water partition coefficient (Wildman–Crippen LogP) is -0.184. The summed E-state index contributed by atoms with van der Waals surface area (Å²) in [6.07, 6.45) is 2.09. The standard InChI is InChI=1S/C11H13N3O3S/c15-9-3-8(10(16)14(9)7-1-2-7)12-4-6-5-18-11(17)13-6/h5,7-8,12H,1-4H2,(H,13,17). The summed E-state index contributed by atoms with van der Waals surface area (Å²) in [5.41, 5.74) is 0.745. The lowest BCUT2D eigenvalue weighted by Crippen LogP contribution is -2.39. The van der Waals surface area contributed by atoms with Gasteiger partial charge in [-0.05, 0) is 12.8 Å². The van der Waals surface area contributed by atoms with E-state index in [1.807, 2.05) is 0 Å². The Balaban J connectivity index is 1.62. The molecule has 2 aliphatic rings. The molecule has 1 unspecified atom stereocenters. The number of hydrogen-bond acceptors (Lipinski definition) is 5. The highest BCUT2D eigenvalue weighted by Crippen LogP contribution is 2.31. The first-order valence-electron chi connectivity index (χ1n) is 5.91. The second-order valence-electron chi connectivity index (χ2n) is 4.64. The van der Waals surface area contributed by atoms with Crippen LogP contribution in [0.25, 0.3) is 0 Å². The number of aromatic nitrogens is 1. The Morgan fingerprint density at radius 1 is 1.39 bits per heavy atom. The van der Waals surface area contributed by atoms with E-state index in [0.717, 1.165) is 29.9 Å². The third-order valence-electron chi connectivity index (χ3n) is 3.20. The van der Waals surface area contributed by atoms with E-state index < -0.39 is 6.04 Å². The molecule has 1 aromatic rings. The molecule has 1 saturated heterocycles. The molecular formula is C11H13N3O3S. The Morgan fingerprint density at radius 3 is 2.78 bits per heavy atom. The SMILES string of the molecule is O=C1CC(NCc2csc(=O)[nH]2)C(=O)N1C1CC1. The van der Waals surface area contributed by atoms with Gasteiger partial charge in [0, 0.05) is 23.7 Å². The largest absolute Gasteiger partial charge is 0.315 e. The van der Waals surface area contributed by atoms with Crippen molar-refractivity contribution in [1.82, 2.24) is 15.2 Å². The van der Waals surface area contributed by atoms with Crippen molar-refractivity contribution < 1.29 is 9.59 Å². The number of rotatable bonds is 4. The number of nitrogens with one attached hydrogen (secondary N) is 2. The number of amides is 2. The van der Waals surface area contributed by atoms with E-state index in [-0.39, 0.29) is 29.1 Å². The molecule has 7 heteroatoms. The average Bonchev–Trinajstić information content (AvgIpc) is 3.00. The van der Waals surface area contributed by atoms with Gasteiger partial charge in [-0.1, -0.05) is 11.3 Å². The van der Waals surface area contributed by atoms with Crippen LogP contribution in [-0.2, 0) is 16.1 Å². The quantitative estimate of drug-likeness (QED) is 0.741. The summed E-state index contributed by atoms with van der Waals surface area (Å²) in [6.45, 7) is 0.404. The van der Waals surface area contributed by atoms with Crippen molar-refractivity contribution in [2.75, 3.05) is 0 Å². The van der Waals surface area contributed by atoms with Crippen molar-refractivity contribution in [1.29, 1.82) is 0 Å². The van der Waals surface area contributed by atoms with Crippen molar-refractivity contribution in [3.63, 3.8) is 0 Å². The summed E-state index contributed by atoms with van der Waals surface area (Å²) in [4.78, 5) is 38.6. The number of nitrogens with zero attached hydrogens (tertiary/aromatic N) is 1. The fourth-order valence-electron chi connectivity index (χ4n) is 2.16. The fourth-order valence-corrected chi connectivity index (χ4v) is 2.74. The number of imide groups is 1. The smallest absolute Gasteiger partial charge is 0.304 e. The number of likely N-dealkylation sites (tertiary alicyclic amines) is 1. The zero-order chi connectivity index (χ0) is 12.7. The highest BCUT2D eigenvalue weighted by molar-refractivity contribution is 7.07. The van der Waals surface area contributed by atoms with Crippen LogP contribution in [0.4, 0.5) is 0 Å². The molecule has 1 aromatic heterocycles. The second kappa shape index (κ2) is 4.33. The second-order valence-corrected chi connectivity index (χ2v) is 5.49. The molecule has 2 N–H and O–H groups in total. The lowest BCUT2D eigenvalue weighted by atomic mass is 10.2. The van der Waals surface area contributed by atoms with Gasteiger partial charge in [0.05, 0.1) is 12.5 Å². The molecule has 18 heavy (non-hydrogen) atoms. The van der Waals surface area contributed by atoms with Crippen LogP contribution in [-0.4, -0.2) is 33.8 Å². The Kier molecular flexibility index (Phi) is 2.79. The molecule has 6 nitrogen and oxygen atoms in total. The number of carbonyl (C=O) groups excluding carboxylic acids is 2. The summed E-state index contributed by atoms with van der Waals surface area (Å²) >= 11 is 1.09. The van der Waals surface area contributed by atoms with E-state index >= 15 is 0 Å². The van der Waals surface area contributed by atoms with Crippen LogP contribution in [0.5, 0.6) is 0 Å². The molecule has 1 atom stereocenters. The lowest BCUT2D eigenvalue weighted by Gasteiger charge is -2.13. The molecule has 1 aliphatic heterocycles. The zero-order valence-corrected chi connectivity index (χ0v) is 10.5. The van der Waals surface area contributed by atoms with Crippen molar-refractivity contribution in [3.8, 4) is 0 Å².